The Balaban J connectivity index is 3.42. The molecule has 0 amide bonds. The van der Waals surface area contributed by atoms with Gasteiger partial charge < -0.3 is 10.2 Å². The lowest BCUT2D eigenvalue weighted by molar-refractivity contribution is 0.395. The zero-order valence-corrected chi connectivity index (χ0v) is 10.7. The Labute approximate surface area is 97.9 Å². The lowest BCUT2D eigenvalue weighted by atomic mass is 9.90. The van der Waals surface area contributed by atoms with Gasteiger partial charge in [-0.2, -0.15) is 0 Å². The highest BCUT2D eigenvalue weighted by atomic mass is 16.3. The molecule has 90 valence electrons. The molecule has 0 aromatic heterocycles. The standard InChI is InChI=1S/C14H22O2/c1-5-7-11-9(3)10(4)13(15)14(16)12(11)8-6-2/h15-16H,5-8H2,1-4H3. The van der Waals surface area contributed by atoms with Gasteiger partial charge in [0.25, 0.3) is 0 Å². The summed E-state index contributed by atoms with van der Waals surface area (Å²) in [6.45, 7) is 8.10. The van der Waals surface area contributed by atoms with Crippen LogP contribution in [0.15, 0.2) is 0 Å². The molecule has 0 radical (unpaired) electrons. The van der Waals surface area contributed by atoms with Crippen LogP contribution in [0, 0.1) is 13.8 Å². The maximum Gasteiger partial charge on any atom is 0.161 e. The molecule has 2 N–H and O–H groups in total. The topological polar surface area (TPSA) is 40.5 Å². The van der Waals surface area contributed by atoms with Crippen molar-refractivity contribution in [1.29, 1.82) is 0 Å². The van der Waals surface area contributed by atoms with Crippen molar-refractivity contribution in [3.63, 3.8) is 0 Å². The number of phenolic OH excluding ortho intramolecular Hbond substituents is 2. The van der Waals surface area contributed by atoms with Gasteiger partial charge >= 0.3 is 0 Å². The van der Waals surface area contributed by atoms with Crippen molar-refractivity contribution in [2.24, 2.45) is 0 Å². The van der Waals surface area contributed by atoms with E-state index in [1.807, 2.05) is 13.8 Å². The summed E-state index contributed by atoms with van der Waals surface area (Å²) in [5, 5.41) is 19.8. The predicted molar refractivity (Wildman–Crippen MR) is 67.2 cm³/mol. The molecule has 0 saturated carbocycles. The Bertz CT molecular complexity index is 344. The van der Waals surface area contributed by atoms with Crippen LogP contribution in [0.3, 0.4) is 0 Å². The van der Waals surface area contributed by atoms with Crippen LogP contribution >= 0.6 is 0 Å². The third-order valence-electron chi connectivity index (χ3n) is 3.24. The minimum absolute atomic E-state index is 0.0563. The van der Waals surface area contributed by atoms with E-state index in [0.29, 0.717) is 0 Å². The smallest absolute Gasteiger partial charge is 0.161 e. The molecule has 0 fully saturated rings. The van der Waals surface area contributed by atoms with Crippen molar-refractivity contribution >= 4 is 0 Å². The summed E-state index contributed by atoms with van der Waals surface area (Å²) in [5.41, 5.74) is 4.09. The Morgan fingerprint density at radius 1 is 0.750 bits per heavy atom. The van der Waals surface area contributed by atoms with Gasteiger partial charge in [-0.25, -0.2) is 0 Å². The minimum atomic E-state index is 0.0563. The van der Waals surface area contributed by atoms with E-state index in [-0.39, 0.29) is 11.5 Å². The molecule has 0 aliphatic rings. The van der Waals surface area contributed by atoms with Gasteiger partial charge in [0.15, 0.2) is 11.5 Å². The van der Waals surface area contributed by atoms with Gasteiger partial charge in [0.2, 0.25) is 0 Å². The van der Waals surface area contributed by atoms with Crippen LogP contribution in [0.25, 0.3) is 0 Å². The van der Waals surface area contributed by atoms with Crippen LogP contribution in [0.1, 0.15) is 48.9 Å². The molecule has 1 rings (SSSR count). The summed E-state index contributed by atoms with van der Waals surface area (Å²) < 4.78 is 0. The zero-order valence-electron chi connectivity index (χ0n) is 10.7. The molecule has 2 nitrogen and oxygen atoms in total. The van der Waals surface area contributed by atoms with Gasteiger partial charge in [0, 0.05) is 5.56 Å². The SMILES string of the molecule is CCCc1c(C)c(C)c(O)c(O)c1CCC. The molecule has 0 unspecified atom stereocenters. The maximum absolute atomic E-state index is 9.99. The lowest BCUT2D eigenvalue weighted by Gasteiger charge is -2.17. The zero-order chi connectivity index (χ0) is 12.3. The molecule has 1 aromatic carbocycles. The minimum Gasteiger partial charge on any atom is -0.504 e. The Hall–Kier alpha value is -1.18. The maximum atomic E-state index is 9.99. The number of rotatable bonds is 4. The molecule has 0 bridgehead atoms. The van der Waals surface area contributed by atoms with Gasteiger partial charge in [0.1, 0.15) is 0 Å². The van der Waals surface area contributed by atoms with Crippen molar-refractivity contribution < 1.29 is 10.2 Å². The van der Waals surface area contributed by atoms with E-state index in [1.54, 1.807) is 0 Å². The molecule has 16 heavy (non-hydrogen) atoms. The molecule has 0 heterocycles. The summed E-state index contributed by atoms with van der Waals surface area (Å²) in [7, 11) is 0. The van der Waals surface area contributed by atoms with Gasteiger partial charge in [0.05, 0.1) is 0 Å². The predicted octanol–water partition coefficient (Wildman–Crippen LogP) is 3.62. The summed E-state index contributed by atoms with van der Waals surface area (Å²) in [6.07, 6.45) is 3.83. The fraction of sp³-hybridized carbons (Fsp3) is 0.571. The molecule has 1 aromatic rings. The van der Waals surface area contributed by atoms with Crippen molar-refractivity contribution in [1.82, 2.24) is 0 Å². The van der Waals surface area contributed by atoms with Crippen molar-refractivity contribution in [3.05, 3.63) is 22.3 Å². The van der Waals surface area contributed by atoms with Gasteiger partial charge in [-0.15, -0.1) is 0 Å². The second kappa shape index (κ2) is 5.24. The second-order valence-electron chi connectivity index (χ2n) is 4.40. The normalized spacial score (nSPS) is 10.8. The van der Waals surface area contributed by atoms with Crippen LogP contribution in [-0.4, -0.2) is 10.2 Å². The molecular weight excluding hydrogens is 200 g/mol. The molecule has 2 heteroatoms. The molecule has 0 saturated heterocycles. The molecule has 0 aliphatic heterocycles. The van der Waals surface area contributed by atoms with Gasteiger partial charge in [-0.3, -0.25) is 0 Å². The fourth-order valence-corrected chi connectivity index (χ4v) is 2.20. The molecule has 0 aliphatic carbocycles. The van der Waals surface area contributed by atoms with E-state index in [4.69, 9.17) is 0 Å². The van der Waals surface area contributed by atoms with Crippen LogP contribution in [0.4, 0.5) is 0 Å². The van der Waals surface area contributed by atoms with Crippen molar-refractivity contribution in [2.75, 3.05) is 0 Å². The van der Waals surface area contributed by atoms with Crippen LogP contribution in [0.5, 0.6) is 11.5 Å². The second-order valence-corrected chi connectivity index (χ2v) is 4.40. The van der Waals surface area contributed by atoms with Gasteiger partial charge in [-0.1, -0.05) is 26.7 Å². The summed E-state index contributed by atoms with van der Waals surface area (Å²) >= 11 is 0. The third-order valence-corrected chi connectivity index (χ3v) is 3.24. The first-order valence-electron chi connectivity index (χ1n) is 6.07. The first-order chi connectivity index (χ1) is 7.54. The van der Waals surface area contributed by atoms with Crippen LogP contribution in [-0.2, 0) is 12.8 Å². The van der Waals surface area contributed by atoms with Crippen LogP contribution in [0.2, 0.25) is 0 Å². The largest absolute Gasteiger partial charge is 0.504 e. The van der Waals surface area contributed by atoms with E-state index in [0.717, 1.165) is 42.4 Å². The summed E-state index contributed by atoms with van der Waals surface area (Å²) in [4.78, 5) is 0. The quantitative estimate of drug-likeness (QED) is 0.764. The number of hydrogen-bond donors (Lipinski definition) is 2. The average molecular weight is 222 g/mol. The number of phenols is 2. The monoisotopic (exact) mass is 222 g/mol. The molecule has 0 spiro atoms. The molecule has 0 atom stereocenters. The first-order valence-corrected chi connectivity index (χ1v) is 6.07. The average Bonchev–Trinajstić information content (AvgIpc) is 2.28. The number of hydrogen-bond acceptors (Lipinski definition) is 2. The highest BCUT2D eigenvalue weighted by Crippen LogP contribution is 2.38. The lowest BCUT2D eigenvalue weighted by Crippen LogP contribution is -2.01. The van der Waals surface area contributed by atoms with E-state index >= 15 is 0 Å². The summed E-state index contributed by atoms with van der Waals surface area (Å²) in [5.74, 6) is 0.147. The van der Waals surface area contributed by atoms with E-state index in [2.05, 4.69) is 13.8 Å². The number of benzene rings is 1. The summed E-state index contributed by atoms with van der Waals surface area (Å²) in [6, 6.07) is 0. The van der Waals surface area contributed by atoms with E-state index in [9.17, 15) is 10.2 Å². The van der Waals surface area contributed by atoms with Crippen molar-refractivity contribution in [3.8, 4) is 11.5 Å². The Morgan fingerprint density at radius 3 is 1.75 bits per heavy atom. The first kappa shape index (κ1) is 12.9. The third kappa shape index (κ3) is 2.16. The van der Waals surface area contributed by atoms with Gasteiger partial charge in [-0.05, 0) is 43.4 Å². The van der Waals surface area contributed by atoms with Crippen molar-refractivity contribution in [2.45, 2.75) is 53.4 Å². The number of aromatic hydroxyl groups is 2. The van der Waals surface area contributed by atoms with E-state index in [1.165, 1.54) is 5.56 Å². The Kier molecular flexibility index (Phi) is 4.22. The molecular formula is C14H22O2. The van der Waals surface area contributed by atoms with Crippen LogP contribution < -0.4 is 0 Å². The Morgan fingerprint density at radius 2 is 1.25 bits per heavy atom. The van der Waals surface area contributed by atoms with E-state index < -0.39 is 0 Å². The fourth-order valence-electron chi connectivity index (χ4n) is 2.20. The highest BCUT2D eigenvalue weighted by molar-refractivity contribution is 5.57. The highest BCUT2D eigenvalue weighted by Gasteiger charge is 2.17.